The molecule has 2 aromatic rings. The lowest BCUT2D eigenvalue weighted by Crippen LogP contribution is -2.02. The van der Waals surface area contributed by atoms with Crippen LogP contribution in [-0.4, -0.2) is 11.1 Å². The average molecular weight is 321 g/mol. The maximum absolute atomic E-state index is 11.0. The number of nitrogens with two attached hydrogens (primary N) is 1. The number of hydrogen-bond donors (Lipinski definition) is 3. The number of aryl methyl sites for hydroxylation is 1. The molecule has 0 heterocycles. The molecule has 19 heavy (non-hydrogen) atoms. The lowest BCUT2D eigenvalue weighted by molar-refractivity contribution is 0.0697. The van der Waals surface area contributed by atoms with Gasteiger partial charge in [0.25, 0.3) is 0 Å². The highest BCUT2D eigenvalue weighted by Gasteiger charge is 2.08. The molecule has 5 heteroatoms. The Morgan fingerprint density at radius 2 is 1.95 bits per heavy atom. The van der Waals surface area contributed by atoms with E-state index in [-0.39, 0.29) is 5.56 Å². The van der Waals surface area contributed by atoms with Crippen LogP contribution >= 0.6 is 15.9 Å². The predicted octanol–water partition coefficient (Wildman–Crippen LogP) is 3.78. The van der Waals surface area contributed by atoms with Crippen molar-refractivity contribution in [3.05, 3.63) is 52.0 Å². The lowest BCUT2D eigenvalue weighted by Gasteiger charge is -2.12. The smallest absolute Gasteiger partial charge is 0.335 e. The number of aromatic carboxylic acids is 1. The third-order valence-corrected chi connectivity index (χ3v) is 3.38. The van der Waals surface area contributed by atoms with Gasteiger partial charge in [-0.3, -0.25) is 0 Å². The largest absolute Gasteiger partial charge is 0.478 e. The van der Waals surface area contributed by atoms with E-state index in [1.54, 1.807) is 6.07 Å². The SMILES string of the molecule is Cc1ccc(Br)c(Nc2cc(C(=O)O)ccc2N)c1. The van der Waals surface area contributed by atoms with Gasteiger partial charge in [0.15, 0.2) is 0 Å². The van der Waals surface area contributed by atoms with Crippen molar-refractivity contribution in [2.24, 2.45) is 0 Å². The number of hydrogen-bond acceptors (Lipinski definition) is 3. The maximum atomic E-state index is 11.0. The molecule has 0 aliphatic heterocycles. The normalized spacial score (nSPS) is 10.2. The molecule has 0 aromatic heterocycles. The molecule has 0 saturated carbocycles. The Morgan fingerprint density at radius 1 is 1.21 bits per heavy atom. The summed E-state index contributed by atoms with van der Waals surface area (Å²) in [5.41, 5.74) is 9.06. The van der Waals surface area contributed by atoms with Crippen molar-refractivity contribution >= 4 is 39.0 Å². The minimum atomic E-state index is -0.980. The number of nitrogens with one attached hydrogen (secondary N) is 1. The fourth-order valence-electron chi connectivity index (χ4n) is 1.68. The van der Waals surface area contributed by atoms with Gasteiger partial charge in [0.1, 0.15) is 0 Å². The molecular weight excluding hydrogens is 308 g/mol. The van der Waals surface area contributed by atoms with Crippen LogP contribution < -0.4 is 11.1 Å². The minimum absolute atomic E-state index is 0.195. The number of nitrogen functional groups attached to an aromatic ring is 1. The van der Waals surface area contributed by atoms with Gasteiger partial charge in [-0.1, -0.05) is 6.07 Å². The van der Waals surface area contributed by atoms with Crippen LogP contribution in [0, 0.1) is 6.92 Å². The Balaban J connectivity index is 2.40. The van der Waals surface area contributed by atoms with Gasteiger partial charge < -0.3 is 16.2 Å². The Bertz CT molecular complexity index is 641. The highest BCUT2D eigenvalue weighted by Crippen LogP contribution is 2.30. The number of carboxylic acid groups (broad SMARTS) is 1. The summed E-state index contributed by atoms with van der Waals surface area (Å²) in [4.78, 5) is 11.0. The molecule has 0 saturated heterocycles. The number of carboxylic acids is 1. The van der Waals surface area contributed by atoms with Gasteiger partial charge in [-0.25, -0.2) is 4.79 Å². The van der Waals surface area contributed by atoms with E-state index < -0.39 is 5.97 Å². The van der Waals surface area contributed by atoms with Crippen LogP contribution in [0.5, 0.6) is 0 Å². The molecule has 0 aliphatic carbocycles. The van der Waals surface area contributed by atoms with Crippen molar-refractivity contribution in [2.75, 3.05) is 11.1 Å². The fraction of sp³-hybridized carbons (Fsp3) is 0.0714. The quantitative estimate of drug-likeness (QED) is 0.752. The molecule has 2 aromatic carbocycles. The van der Waals surface area contributed by atoms with Crippen molar-refractivity contribution in [1.29, 1.82) is 0 Å². The van der Waals surface area contributed by atoms with E-state index >= 15 is 0 Å². The van der Waals surface area contributed by atoms with Gasteiger partial charge in [0, 0.05) is 4.47 Å². The zero-order valence-electron chi connectivity index (χ0n) is 10.3. The first-order valence-corrected chi connectivity index (χ1v) is 6.42. The zero-order valence-corrected chi connectivity index (χ0v) is 11.9. The van der Waals surface area contributed by atoms with E-state index in [0.717, 1.165) is 15.7 Å². The number of carbonyl (C=O) groups is 1. The summed E-state index contributed by atoms with van der Waals surface area (Å²) in [6.07, 6.45) is 0. The fourth-order valence-corrected chi connectivity index (χ4v) is 2.02. The van der Waals surface area contributed by atoms with Crippen LogP contribution in [0.3, 0.4) is 0 Å². The van der Waals surface area contributed by atoms with Crippen LogP contribution in [-0.2, 0) is 0 Å². The van der Waals surface area contributed by atoms with Crippen LogP contribution in [0.1, 0.15) is 15.9 Å². The van der Waals surface area contributed by atoms with Gasteiger partial charge >= 0.3 is 5.97 Å². The summed E-state index contributed by atoms with van der Waals surface area (Å²) in [6, 6.07) is 10.4. The van der Waals surface area contributed by atoms with Crippen molar-refractivity contribution in [1.82, 2.24) is 0 Å². The minimum Gasteiger partial charge on any atom is -0.478 e. The third kappa shape index (κ3) is 3.06. The van der Waals surface area contributed by atoms with E-state index in [2.05, 4.69) is 21.2 Å². The van der Waals surface area contributed by atoms with E-state index in [0.29, 0.717) is 11.4 Å². The van der Waals surface area contributed by atoms with Crippen molar-refractivity contribution < 1.29 is 9.90 Å². The molecular formula is C14H13BrN2O2. The van der Waals surface area contributed by atoms with Crippen molar-refractivity contribution in [3.63, 3.8) is 0 Å². The summed E-state index contributed by atoms with van der Waals surface area (Å²) < 4.78 is 0.887. The standard InChI is InChI=1S/C14H13BrN2O2/c1-8-2-4-10(15)12(6-8)17-13-7-9(14(18)19)3-5-11(13)16/h2-7,17H,16H2,1H3,(H,18,19). The van der Waals surface area contributed by atoms with E-state index in [1.165, 1.54) is 12.1 Å². The van der Waals surface area contributed by atoms with Crippen LogP contribution in [0.25, 0.3) is 0 Å². The molecule has 98 valence electrons. The third-order valence-electron chi connectivity index (χ3n) is 2.69. The molecule has 0 bridgehead atoms. The first kappa shape index (κ1) is 13.4. The predicted molar refractivity (Wildman–Crippen MR) is 80.0 cm³/mol. The summed E-state index contributed by atoms with van der Waals surface area (Å²) in [7, 11) is 0. The van der Waals surface area contributed by atoms with E-state index in [9.17, 15) is 4.79 Å². The number of rotatable bonds is 3. The summed E-state index contributed by atoms with van der Waals surface area (Å²) in [6.45, 7) is 1.98. The molecule has 0 spiro atoms. The van der Waals surface area contributed by atoms with Crippen LogP contribution in [0.15, 0.2) is 40.9 Å². The van der Waals surface area contributed by atoms with Gasteiger partial charge in [-0.2, -0.15) is 0 Å². The Morgan fingerprint density at radius 3 is 2.63 bits per heavy atom. The van der Waals surface area contributed by atoms with Crippen molar-refractivity contribution in [2.45, 2.75) is 6.92 Å². The first-order valence-electron chi connectivity index (χ1n) is 5.63. The second kappa shape index (κ2) is 5.32. The number of anilines is 3. The van der Waals surface area contributed by atoms with Gasteiger partial charge in [-0.05, 0) is 58.7 Å². The molecule has 0 amide bonds. The topological polar surface area (TPSA) is 75.3 Å². The molecule has 0 aliphatic rings. The maximum Gasteiger partial charge on any atom is 0.335 e. The molecule has 2 rings (SSSR count). The molecule has 0 unspecified atom stereocenters. The number of halogens is 1. The lowest BCUT2D eigenvalue weighted by atomic mass is 10.1. The highest BCUT2D eigenvalue weighted by atomic mass is 79.9. The summed E-state index contributed by atoms with van der Waals surface area (Å²) in [5.74, 6) is -0.980. The summed E-state index contributed by atoms with van der Waals surface area (Å²) in [5, 5.41) is 12.1. The van der Waals surface area contributed by atoms with E-state index in [4.69, 9.17) is 10.8 Å². The Labute approximate surface area is 119 Å². The highest BCUT2D eigenvalue weighted by molar-refractivity contribution is 9.10. The number of benzene rings is 2. The van der Waals surface area contributed by atoms with Crippen LogP contribution in [0.4, 0.5) is 17.1 Å². The average Bonchev–Trinajstić information content (AvgIpc) is 2.36. The molecule has 4 N–H and O–H groups in total. The molecule has 0 atom stereocenters. The monoisotopic (exact) mass is 320 g/mol. The first-order chi connectivity index (χ1) is 8.97. The van der Waals surface area contributed by atoms with E-state index in [1.807, 2.05) is 25.1 Å². The molecule has 0 fully saturated rings. The molecule has 4 nitrogen and oxygen atoms in total. The van der Waals surface area contributed by atoms with Gasteiger partial charge in [0.05, 0.1) is 22.6 Å². The second-order valence-corrected chi connectivity index (χ2v) is 5.07. The van der Waals surface area contributed by atoms with Crippen LogP contribution in [0.2, 0.25) is 0 Å². The zero-order chi connectivity index (χ0) is 14.0. The summed E-state index contributed by atoms with van der Waals surface area (Å²) >= 11 is 3.44. The second-order valence-electron chi connectivity index (χ2n) is 4.22. The van der Waals surface area contributed by atoms with Gasteiger partial charge in [0.2, 0.25) is 0 Å². The Kier molecular flexibility index (Phi) is 3.76. The van der Waals surface area contributed by atoms with Crippen molar-refractivity contribution in [3.8, 4) is 0 Å². The molecule has 0 radical (unpaired) electrons. The van der Waals surface area contributed by atoms with Gasteiger partial charge in [-0.15, -0.1) is 0 Å². The Hall–Kier alpha value is -2.01.